The molecule has 9 nitrogen and oxygen atoms in total. The van der Waals surface area contributed by atoms with Crippen molar-refractivity contribution >= 4 is 37.5 Å². The zero-order valence-corrected chi connectivity index (χ0v) is 22.9. The number of aryl methyl sites for hydroxylation is 1. The van der Waals surface area contributed by atoms with Gasteiger partial charge in [0.15, 0.2) is 0 Å². The Kier molecular flexibility index (Phi) is 7.62. The van der Waals surface area contributed by atoms with Crippen LogP contribution in [0.25, 0.3) is 21.8 Å². The molecule has 0 radical (unpaired) electrons. The first-order chi connectivity index (χ1) is 18.4. The number of methoxy groups -OCH3 is 2. The number of fused-ring (bicyclic) bond motifs is 3. The van der Waals surface area contributed by atoms with Gasteiger partial charge < -0.3 is 23.7 Å². The van der Waals surface area contributed by atoms with Crippen LogP contribution in [0.4, 0.5) is 5.69 Å². The number of aromatic nitrogens is 2. The lowest BCUT2D eigenvalue weighted by Gasteiger charge is -2.26. The molecule has 0 amide bonds. The Morgan fingerprint density at radius 2 is 1.66 bits per heavy atom. The van der Waals surface area contributed by atoms with Crippen molar-refractivity contribution in [2.24, 2.45) is 7.05 Å². The minimum Gasteiger partial charge on any atom is -0.494 e. The van der Waals surface area contributed by atoms with E-state index < -0.39 is 10.0 Å². The number of piperidine rings is 1. The second-order valence-corrected chi connectivity index (χ2v) is 11.2. The lowest BCUT2D eigenvalue weighted by Crippen LogP contribution is -2.31. The topological polar surface area (TPSA) is 94.9 Å². The highest BCUT2D eigenvalue weighted by atomic mass is 32.2. The number of anilines is 1. The monoisotopic (exact) mass is 538 g/mol. The van der Waals surface area contributed by atoms with Gasteiger partial charge in [-0.05, 0) is 74.8 Å². The quantitative estimate of drug-likeness (QED) is 0.290. The normalized spacial score (nSPS) is 14.6. The van der Waals surface area contributed by atoms with Gasteiger partial charge in [-0.2, -0.15) is 4.98 Å². The molecule has 0 saturated carbocycles. The van der Waals surface area contributed by atoms with Gasteiger partial charge in [-0.1, -0.05) is 6.42 Å². The average Bonchev–Trinajstić information content (AvgIpc) is 3.22. The SMILES string of the molecule is COc1ccc(NS(=O)(=O)c2ccc3c(c2)c2cc(OCCCN4CCCCC4)ccc2n3C)c(OC)n1. The fourth-order valence-electron chi connectivity index (χ4n) is 5.07. The third kappa shape index (κ3) is 5.37. The number of hydrogen-bond acceptors (Lipinski definition) is 7. The Labute approximate surface area is 223 Å². The summed E-state index contributed by atoms with van der Waals surface area (Å²) in [6, 6.07) is 14.3. The second kappa shape index (κ2) is 11.1. The van der Waals surface area contributed by atoms with Crippen molar-refractivity contribution in [3.05, 3.63) is 48.5 Å². The molecule has 0 aliphatic carbocycles. The number of nitrogens with zero attached hydrogens (tertiary/aromatic N) is 3. The van der Waals surface area contributed by atoms with Gasteiger partial charge >= 0.3 is 0 Å². The van der Waals surface area contributed by atoms with Crippen molar-refractivity contribution in [2.45, 2.75) is 30.6 Å². The van der Waals surface area contributed by atoms with E-state index in [1.165, 1.54) is 46.6 Å². The molecular formula is C28H34N4O5S. The number of hydrogen-bond donors (Lipinski definition) is 1. The summed E-state index contributed by atoms with van der Waals surface area (Å²) < 4.78 is 47.7. The van der Waals surface area contributed by atoms with Crippen LogP contribution in [0.5, 0.6) is 17.5 Å². The summed E-state index contributed by atoms with van der Waals surface area (Å²) in [4.78, 5) is 6.81. The van der Waals surface area contributed by atoms with E-state index in [9.17, 15) is 8.42 Å². The van der Waals surface area contributed by atoms with Crippen molar-refractivity contribution in [1.29, 1.82) is 0 Å². The predicted octanol–water partition coefficient (Wildman–Crippen LogP) is 4.80. The van der Waals surface area contributed by atoms with E-state index in [4.69, 9.17) is 14.2 Å². The average molecular weight is 539 g/mol. The predicted molar refractivity (Wildman–Crippen MR) is 149 cm³/mol. The molecule has 0 spiro atoms. The fraction of sp³-hybridized carbons (Fsp3) is 0.393. The van der Waals surface area contributed by atoms with Crippen LogP contribution in [-0.4, -0.2) is 63.3 Å². The largest absolute Gasteiger partial charge is 0.494 e. The first kappa shape index (κ1) is 26.1. The van der Waals surface area contributed by atoms with Crippen LogP contribution in [0.2, 0.25) is 0 Å². The molecule has 0 unspecified atom stereocenters. The molecule has 202 valence electrons. The Hall–Kier alpha value is -3.50. The summed E-state index contributed by atoms with van der Waals surface area (Å²) in [6.45, 7) is 4.07. The van der Waals surface area contributed by atoms with Gasteiger partial charge in [0.1, 0.15) is 11.4 Å². The first-order valence-corrected chi connectivity index (χ1v) is 14.4. The van der Waals surface area contributed by atoms with E-state index >= 15 is 0 Å². The van der Waals surface area contributed by atoms with Gasteiger partial charge in [0.05, 0.1) is 25.7 Å². The van der Waals surface area contributed by atoms with Gasteiger partial charge in [0.2, 0.25) is 11.8 Å². The Morgan fingerprint density at radius 3 is 2.39 bits per heavy atom. The third-order valence-corrected chi connectivity index (χ3v) is 8.44. The molecule has 1 aliphatic rings. The molecule has 2 aromatic heterocycles. The van der Waals surface area contributed by atoms with Gasteiger partial charge in [0.25, 0.3) is 10.0 Å². The maximum atomic E-state index is 13.3. The number of pyridine rings is 1. The van der Waals surface area contributed by atoms with Gasteiger partial charge in [-0.25, -0.2) is 8.42 Å². The molecule has 1 saturated heterocycles. The smallest absolute Gasteiger partial charge is 0.262 e. The summed E-state index contributed by atoms with van der Waals surface area (Å²) in [5.41, 5.74) is 2.17. The van der Waals surface area contributed by atoms with Gasteiger partial charge in [0, 0.05) is 41.5 Å². The summed E-state index contributed by atoms with van der Waals surface area (Å²) >= 11 is 0. The number of nitrogens with one attached hydrogen (secondary N) is 1. The van der Waals surface area contributed by atoms with Crippen molar-refractivity contribution in [1.82, 2.24) is 14.5 Å². The van der Waals surface area contributed by atoms with E-state index in [0.717, 1.165) is 40.5 Å². The van der Waals surface area contributed by atoms with Gasteiger partial charge in [-0.15, -0.1) is 0 Å². The summed E-state index contributed by atoms with van der Waals surface area (Å²) in [5.74, 6) is 1.23. The van der Waals surface area contributed by atoms with E-state index in [0.29, 0.717) is 12.5 Å². The minimum absolute atomic E-state index is 0.126. The van der Waals surface area contributed by atoms with Crippen molar-refractivity contribution in [3.63, 3.8) is 0 Å². The first-order valence-electron chi connectivity index (χ1n) is 12.9. The van der Waals surface area contributed by atoms with E-state index in [1.54, 1.807) is 24.3 Å². The molecule has 4 aromatic rings. The molecule has 0 atom stereocenters. The molecular weight excluding hydrogens is 504 g/mol. The molecule has 10 heteroatoms. The maximum absolute atomic E-state index is 13.3. The highest BCUT2D eigenvalue weighted by Crippen LogP contribution is 2.34. The zero-order chi connectivity index (χ0) is 26.7. The fourth-order valence-corrected chi connectivity index (χ4v) is 6.15. The summed E-state index contributed by atoms with van der Waals surface area (Å²) in [6.07, 6.45) is 4.89. The summed E-state index contributed by atoms with van der Waals surface area (Å²) in [5, 5.41) is 1.78. The van der Waals surface area contributed by atoms with E-state index in [1.807, 2.05) is 31.3 Å². The number of likely N-dealkylation sites (tertiary alicyclic amines) is 1. The van der Waals surface area contributed by atoms with Crippen molar-refractivity contribution < 1.29 is 22.6 Å². The van der Waals surface area contributed by atoms with Crippen molar-refractivity contribution in [2.75, 3.05) is 45.2 Å². The molecule has 1 fully saturated rings. The molecule has 1 N–H and O–H groups in total. The van der Waals surface area contributed by atoms with Crippen molar-refractivity contribution in [3.8, 4) is 17.5 Å². The lowest BCUT2D eigenvalue weighted by molar-refractivity contribution is 0.205. The molecule has 1 aliphatic heterocycles. The van der Waals surface area contributed by atoms with E-state index in [-0.39, 0.29) is 16.5 Å². The minimum atomic E-state index is -3.91. The number of ether oxygens (including phenoxy) is 3. The van der Waals surface area contributed by atoms with Crippen LogP contribution < -0.4 is 18.9 Å². The second-order valence-electron chi connectivity index (χ2n) is 9.54. The van der Waals surface area contributed by atoms with Crippen LogP contribution in [0.15, 0.2) is 53.4 Å². The lowest BCUT2D eigenvalue weighted by atomic mass is 10.1. The highest BCUT2D eigenvalue weighted by molar-refractivity contribution is 7.92. The number of rotatable bonds is 10. The Morgan fingerprint density at radius 1 is 0.921 bits per heavy atom. The molecule has 0 bridgehead atoms. The third-order valence-electron chi connectivity index (χ3n) is 7.08. The number of benzene rings is 2. The van der Waals surface area contributed by atoms with E-state index in [2.05, 4.69) is 19.2 Å². The standard InChI is InChI=1S/C28H34N4O5S/c1-31-25-11-8-20(37-17-7-16-32-14-5-4-6-15-32)18-22(25)23-19-21(9-12-26(23)31)38(33,34)30-24-10-13-27(35-2)29-28(24)36-3/h8-13,18-19,30H,4-7,14-17H2,1-3H3. The van der Waals surface area contributed by atoms with Crippen LogP contribution in [0.1, 0.15) is 25.7 Å². The molecule has 2 aromatic carbocycles. The van der Waals surface area contributed by atoms with Crippen LogP contribution >= 0.6 is 0 Å². The van der Waals surface area contributed by atoms with Crippen LogP contribution in [-0.2, 0) is 17.1 Å². The maximum Gasteiger partial charge on any atom is 0.262 e. The highest BCUT2D eigenvalue weighted by Gasteiger charge is 2.20. The number of sulfonamides is 1. The zero-order valence-electron chi connectivity index (χ0n) is 22.1. The van der Waals surface area contributed by atoms with Crippen LogP contribution in [0.3, 0.4) is 0 Å². The molecule has 5 rings (SSSR count). The van der Waals surface area contributed by atoms with Gasteiger partial charge in [-0.3, -0.25) is 4.72 Å². The Bertz CT molecular complexity index is 1540. The Balaban J connectivity index is 1.38. The molecule has 38 heavy (non-hydrogen) atoms. The van der Waals surface area contributed by atoms with Crippen LogP contribution in [0, 0.1) is 0 Å². The summed E-state index contributed by atoms with van der Waals surface area (Å²) in [7, 11) is 0.974. The molecule has 3 heterocycles.